The smallest absolute Gasteiger partial charge is 0.245 e. The summed E-state index contributed by atoms with van der Waals surface area (Å²) in [6.07, 6.45) is 1.94. The Bertz CT molecular complexity index is 521. The van der Waals surface area contributed by atoms with Crippen LogP contribution >= 0.6 is 0 Å². The first-order valence-electron chi connectivity index (χ1n) is 7.59. The van der Waals surface area contributed by atoms with Gasteiger partial charge < -0.3 is 19.5 Å². The highest BCUT2D eigenvalue weighted by atomic mass is 16.5. The highest BCUT2D eigenvalue weighted by Crippen LogP contribution is 2.15. The summed E-state index contributed by atoms with van der Waals surface area (Å²) in [6.45, 7) is 6.55. The molecule has 1 fully saturated rings. The molecule has 0 radical (unpaired) electrons. The van der Waals surface area contributed by atoms with Gasteiger partial charge in [0.25, 0.3) is 0 Å². The van der Waals surface area contributed by atoms with Crippen molar-refractivity contribution in [3.63, 3.8) is 0 Å². The Hall–Kier alpha value is -1.89. The van der Waals surface area contributed by atoms with Crippen LogP contribution in [-0.4, -0.2) is 47.7 Å². The van der Waals surface area contributed by atoms with Crippen molar-refractivity contribution in [2.24, 2.45) is 5.92 Å². The van der Waals surface area contributed by atoms with Crippen LogP contribution in [0.4, 0.5) is 5.82 Å². The lowest BCUT2D eigenvalue weighted by molar-refractivity contribution is -0.139. The van der Waals surface area contributed by atoms with Crippen LogP contribution in [0.15, 0.2) is 10.6 Å². The summed E-state index contributed by atoms with van der Waals surface area (Å²) < 4.78 is 10.5. The SMILES string of the molecule is Cc1cc(NC(=O)CN(CC2CCCO2)C(=O)C(C)C)no1. The van der Waals surface area contributed by atoms with Crippen molar-refractivity contribution in [1.29, 1.82) is 0 Å². The van der Waals surface area contributed by atoms with Gasteiger partial charge in [0.2, 0.25) is 11.8 Å². The second-order valence-corrected chi connectivity index (χ2v) is 5.88. The van der Waals surface area contributed by atoms with Gasteiger partial charge in [-0.25, -0.2) is 0 Å². The second-order valence-electron chi connectivity index (χ2n) is 5.88. The van der Waals surface area contributed by atoms with Gasteiger partial charge in [-0.05, 0) is 19.8 Å². The predicted molar refractivity (Wildman–Crippen MR) is 80.3 cm³/mol. The summed E-state index contributed by atoms with van der Waals surface area (Å²) in [5, 5.41) is 6.34. The number of hydrogen-bond acceptors (Lipinski definition) is 5. The van der Waals surface area contributed by atoms with Gasteiger partial charge in [0.15, 0.2) is 5.82 Å². The molecule has 0 aliphatic carbocycles. The van der Waals surface area contributed by atoms with Gasteiger partial charge in [-0.2, -0.15) is 0 Å². The topological polar surface area (TPSA) is 84.7 Å². The van der Waals surface area contributed by atoms with Crippen LogP contribution in [0.2, 0.25) is 0 Å². The number of nitrogens with zero attached hydrogens (tertiary/aromatic N) is 2. The fourth-order valence-corrected chi connectivity index (χ4v) is 2.41. The van der Waals surface area contributed by atoms with E-state index in [1.807, 2.05) is 13.8 Å². The number of amides is 2. The maximum Gasteiger partial charge on any atom is 0.245 e. The molecule has 0 spiro atoms. The first kappa shape index (κ1) is 16.5. The highest BCUT2D eigenvalue weighted by molar-refractivity contribution is 5.94. The molecule has 0 saturated carbocycles. The van der Waals surface area contributed by atoms with E-state index >= 15 is 0 Å². The molecule has 1 aromatic heterocycles. The van der Waals surface area contributed by atoms with Gasteiger partial charge in [-0.1, -0.05) is 19.0 Å². The molecular formula is C15H23N3O4. The molecule has 122 valence electrons. The maximum atomic E-state index is 12.3. The number of nitrogens with one attached hydrogen (secondary N) is 1. The first-order valence-corrected chi connectivity index (χ1v) is 7.59. The molecule has 1 N–H and O–H groups in total. The fourth-order valence-electron chi connectivity index (χ4n) is 2.41. The van der Waals surface area contributed by atoms with Crippen LogP contribution in [0.5, 0.6) is 0 Å². The zero-order valence-electron chi connectivity index (χ0n) is 13.3. The first-order chi connectivity index (χ1) is 10.5. The highest BCUT2D eigenvalue weighted by Gasteiger charge is 2.26. The van der Waals surface area contributed by atoms with E-state index in [2.05, 4.69) is 10.5 Å². The summed E-state index contributed by atoms with van der Waals surface area (Å²) in [5.74, 6) is 0.465. The summed E-state index contributed by atoms with van der Waals surface area (Å²) in [5.41, 5.74) is 0. The number of ether oxygens (including phenoxy) is 1. The average molecular weight is 309 g/mol. The maximum absolute atomic E-state index is 12.3. The molecule has 1 aromatic rings. The molecule has 1 saturated heterocycles. The van der Waals surface area contributed by atoms with Crippen molar-refractivity contribution < 1.29 is 18.8 Å². The lowest BCUT2D eigenvalue weighted by atomic mass is 10.1. The average Bonchev–Trinajstić information content (AvgIpc) is 3.09. The van der Waals surface area contributed by atoms with Gasteiger partial charge in [-0.3, -0.25) is 9.59 Å². The summed E-state index contributed by atoms with van der Waals surface area (Å²) >= 11 is 0. The second kappa shape index (κ2) is 7.40. The number of anilines is 1. The summed E-state index contributed by atoms with van der Waals surface area (Å²) in [6, 6.07) is 1.63. The molecule has 22 heavy (non-hydrogen) atoms. The minimum Gasteiger partial charge on any atom is -0.376 e. The minimum atomic E-state index is -0.291. The van der Waals surface area contributed by atoms with E-state index in [9.17, 15) is 9.59 Å². The van der Waals surface area contributed by atoms with E-state index in [4.69, 9.17) is 9.26 Å². The van der Waals surface area contributed by atoms with E-state index in [-0.39, 0.29) is 30.4 Å². The zero-order valence-corrected chi connectivity index (χ0v) is 13.3. The summed E-state index contributed by atoms with van der Waals surface area (Å²) in [7, 11) is 0. The van der Waals surface area contributed by atoms with Crippen LogP contribution < -0.4 is 5.32 Å². The molecule has 0 aromatic carbocycles. The number of hydrogen-bond donors (Lipinski definition) is 1. The molecule has 1 aliphatic heterocycles. The monoisotopic (exact) mass is 309 g/mol. The molecule has 1 unspecified atom stereocenters. The Labute approximate surface area is 130 Å². The van der Waals surface area contributed by atoms with Crippen molar-refractivity contribution >= 4 is 17.6 Å². The molecule has 2 heterocycles. The Morgan fingerprint density at radius 1 is 1.50 bits per heavy atom. The summed E-state index contributed by atoms with van der Waals surface area (Å²) in [4.78, 5) is 25.9. The normalized spacial score (nSPS) is 17.7. The number of carbonyl (C=O) groups is 2. The van der Waals surface area contributed by atoms with Gasteiger partial charge in [0.05, 0.1) is 6.10 Å². The quantitative estimate of drug-likeness (QED) is 0.862. The Balaban J connectivity index is 1.95. The standard InChI is InChI=1S/C15H23N3O4/c1-10(2)15(20)18(8-12-5-4-6-21-12)9-14(19)16-13-7-11(3)22-17-13/h7,10,12H,4-6,8-9H2,1-3H3,(H,16,17,19). The van der Waals surface area contributed by atoms with Crippen molar-refractivity contribution in [2.45, 2.75) is 39.7 Å². The van der Waals surface area contributed by atoms with Crippen molar-refractivity contribution in [1.82, 2.24) is 10.1 Å². The molecule has 2 amide bonds. The van der Waals surface area contributed by atoms with E-state index in [0.717, 1.165) is 19.4 Å². The van der Waals surface area contributed by atoms with Crippen molar-refractivity contribution in [2.75, 3.05) is 25.0 Å². The van der Waals surface area contributed by atoms with E-state index in [1.54, 1.807) is 17.9 Å². The molecule has 7 heteroatoms. The van der Waals surface area contributed by atoms with Crippen LogP contribution in [0.25, 0.3) is 0 Å². The van der Waals surface area contributed by atoms with Crippen molar-refractivity contribution in [3.05, 3.63) is 11.8 Å². The minimum absolute atomic E-state index is 0.0111. The van der Waals surface area contributed by atoms with Crippen molar-refractivity contribution in [3.8, 4) is 0 Å². The molecule has 1 aliphatic rings. The van der Waals surface area contributed by atoms with Crippen LogP contribution in [0.1, 0.15) is 32.4 Å². The molecule has 0 bridgehead atoms. The third-order valence-corrected chi connectivity index (χ3v) is 3.48. The van der Waals surface area contributed by atoms with E-state index < -0.39 is 0 Å². The molecule has 1 atom stereocenters. The lowest BCUT2D eigenvalue weighted by Gasteiger charge is -2.26. The fraction of sp³-hybridized carbons (Fsp3) is 0.667. The molecular weight excluding hydrogens is 286 g/mol. The van der Waals surface area contributed by atoms with Crippen LogP contribution in [0.3, 0.4) is 0 Å². The van der Waals surface area contributed by atoms with Gasteiger partial charge in [0, 0.05) is 25.1 Å². The largest absolute Gasteiger partial charge is 0.376 e. The van der Waals surface area contributed by atoms with Crippen LogP contribution in [0, 0.1) is 12.8 Å². The van der Waals surface area contributed by atoms with E-state index in [0.29, 0.717) is 18.1 Å². The number of rotatable bonds is 6. The number of aromatic nitrogens is 1. The van der Waals surface area contributed by atoms with Crippen LogP contribution in [-0.2, 0) is 14.3 Å². The third-order valence-electron chi connectivity index (χ3n) is 3.48. The molecule has 7 nitrogen and oxygen atoms in total. The molecule has 2 rings (SSSR count). The Morgan fingerprint density at radius 2 is 2.27 bits per heavy atom. The van der Waals surface area contributed by atoms with Gasteiger partial charge >= 0.3 is 0 Å². The zero-order chi connectivity index (χ0) is 16.1. The Morgan fingerprint density at radius 3 is 2.82 bits per heavy atom. The van der Waals surface area contributed by atoms with E-state index in [1.165, 1.54) is 0 Å². The predicted octanol–water partition coefficient (Wildman–Crippen LogP) is 1.59. The number of aryl methyl sites for hydroxylation is 1. The van der Waals surface area contributed by atoms with Gasteiger partial charge in [-0.15, -0.1) is 0 Å². The third kappa shape index (κ3) is 4.56. The van der Waals surface area contributed by atoms with Gasteiger partial charge in [0.1, 0.15) is 12.3 Å². The number of carbonyl (C=O) groups excluding carboxylic acids is 2. The lowest BCUT2D eigenvalue weighted by Crippen LogP contribution is -2.44. The Kier molecular flexibility index (Phi) is 5.54.